The fourth-order valence-electron chi connectivity index (χ4n) is 3.03. The number of aromatic nitrogens is 4. The molecule has 0 aromatic carbocycles. The lowest BCUT2D eigenvalue weighted by Crippen LogP contribution is -2.53. The third kappa shape index (κ3) is 3.44. The van der Waals surface area contributed by atoms with Crippen LogP contribution < -0.4 is 5.56 Å². The molecule has 27 heavy (non-hydrogen) atoms. The topological polar surface area (TPSA) is 130 Å². The van der Waals surface area contributed by atoms with E-state index in [2.05, 4.69) is 15.0 Å². The third-order valence-corrected chi connectivity index (χ3v) is 4.76. The number of carbonyl (C=O) groups excluding carboxylic acids is 2. The Balaban J connectivity index is 1.87. The highest BCUT2D eigenvalue weighted by molar-refractivity contribution is 5.80. The minimum Gasteiger partial charge on any atom is -0.463 e. The van der Waals surface area contributed by atoms with Crippen LogP contribution in [0.4, 0.5) is 0 Å². The normalized spacial score (nSPS) is 20.4. The van der Waals surface area contributed by atoms with Crippen LogP contribution in [0.1, 0.15) is 33.6 Å². The van der Waals surface area contributed by atoms with E-state index in [9.17, 15) is 19.5 Å². The zero-order valence-electron chi connectivity index (χ0n) is 15.6. The molecule has 146 valence electrons. The van der Waals surface area contributed by atoms with Crippen LogP contribution in [0.5, 0.6) is 0 Å². The van der Waals surface area contributed by atoms with Gasteiger partial charge in [-0.2, -0.15) is 0 Å². The lowest BCUT2D eigenvalue weighted by atomic mass is 9.96. The van der Waals surface area contributed by atoms with Crippen LogP contribution in [0, 0.1) is 5.41 Å². The predicted molar refractivity (Wildman–Crippen MR) is 94.5 cm³/mol. The number of imidazole rings is 1. The van der Waals surface area contributed by atoms with E-state index in [1.54, 1.807) is 25.3 Å². The molecule has 2 aromatic rings. The van der Waals surface area contributed by atoms with Crippen molar-refractivity contribution in [2.24, 2.45) is 5.41 Å². The molecule has 0 aliphatic carbocycles. The molecule has 1 saturated heterocycles. The van der Waals surface area contributed by atoms with E-state index >= 15 is 0 Å². The van der Waals surface area contributed by atoms with Crippen LogP contribution in [0.25, 0.3) is 11.2 Å². The number of hydrogen-bond acceptors (Lipinski definition) is 7. The van der Waals surface area contributed by atoms with Crippen molar-refractivity contribution in [3.63, 3.8) is 0 Å². The van der Waals surface area contributed by atoms with Crippen molar-refractivity contribution in [2.75, 3.05) is 13.2 Å². The molecule has 1 atom stereocenters. The summed E-state index contributed by atoms with van der Waals surface area (Å²) in [4.78, 5) is 48.5. The van der Waals surface area contributed by atoms with Crippen molar-refractivity contribution >= 4 is 23.0 Å². The Kier molecular flexibility index (Phi) is 4.77. The van der Waals surface area contributed by atoms with Gasteiger partial charge < -0.3 is 19.7 Å². The smallest absolute Gasteiger partial charge is 0.311 e. The van der Waals surface area contributed by atoms with E-state index < -0.39 is 16.9 Å². The number of fused-ring (bicyclic) bond motifs is 1. The molecule has 0 saturated carbocycles. The first-order valence-corrected chi connectivity index (χ1v) is 8.65. The number of nitrogens with zero attached hydrogens (tertiary/aromatic N) is 4. The van der Waals surface area contributed by atoms with Gasteiger partial charge in [0.2, 0.25) is 5.91 Å². The summed E-state index contributed by atoms with van der Waals surface area (Å²) in [5, 5.41) is 10.0. The number of rotatable bonds is 5. The van der Waals surface area contributed by atoms with Gasteiger partial charge >= 0.3 is 5.97 Å². The summed E-state index contributed by atoms with van der Waals surface area (Å²) in [6.45, 7) is 4.79. The zero-order chi connectivity index (χ0) is 19.8. The Morgan fingerprint density at radius 2 is 2.11 bits per heavy atom. The molecule has 10 heteroatoms. The molecule has 2 N–H and O–H groups in total. The minimum absolute atomic E-state index is 0.0411. The molecule has 1 fully saturated rings. The van der Waals surface area contributed by atoms with Gasteiger partial charge in [-0.15, -0.1) is 0 Å². The van der Waals surface area contributed by atoms with Crippen molar-refractivity contribution in [3.05, 3.63) is 23.0 Å². The molecule has 0 radical (unpaired) electrons. The summed E-state index contributed by atoms with van der Waals surface area (Å²) in [5.41, 5.74) is -1.58. The van der Waals surface area contributed by atoms with E-state index in [1.807, 2.05) is 0 Å². The van der Waals surface area contributed by atoms with E-state index in [0.717, 1.165) is 0 Å². The van der Waals surface area contributed by atoms with E-state index in [0.29, 0.717) is 12.1 Å². The summed E-state index contributed by atoms with van der Waals surface area (Å²) in [5.74, 6) is -0.585. The largest absolute Gasteiger partial charge is 0.463 e. The highest BCUT2D eigenvalue weighted by atomic mass is 16.5. The van der Waals surface area contributed by atoms with Crippen molar-refractivity contribution < 1.29 is 19.4 Å². The second-order valence-corrected chi connectivity index (χ2v) is 7.79. The standard InChI is InChI=1S/C17H23N5O5/c1-16(2,3)15(26)27-7-17(6-23)5-4-11(24)22(17)10-21-9-20-12-13(21)18-8-19-14(12)25/h8-9,23H,4-7,10H2,1-3H3,(H,18,19,25)/t17-/m0/s1. The average Bonchev–Trinajstić information content (AvgIpc) is 3.16. The maximum Gasteiger partial charge on any atom is 0.311 e. The van der Waals surface area contributed by atoms with Gasteiger partial charge in [-0.05, 0) is 27.2 Å². The van der Waals surface area contributed by atoms with Gasteiger partial charge in [-0.3, -0.25) is 19.0 Å². The van der Waals surface area contributed by atoms with Crippen LogP contribution in [-0.4, -0.2) is 60.2 Å². The summed E-state index contributed by atoms with van der Waals surface area (Å²) in [6.07, 6.45) is 3.27. The Morgan fingerprint density at radius 1 is 1.37 bits per heavy atom. The van der Waals surface area contributed by atoms with Gasteiger partial charge in [0.05, 0.1) is 24.7 Å². The number of H-pyrrole nitrogens is 1. The van der Waals surface area contributed by atoms with Gasteiger partial charge in [0.1, 0.15) is 18.8 Å². The number of ether oxygens (including phenoxy) is 1. The van der Waals surface area contributed by atoms with Crippen LogP contribution in [-0.2, 0) is 21.0 Å². The van der Waals surface area contributed by atoms with E-state index in [-0.39, 0.29) is 43.3 Å². The maximum atomic E-state index is 12.5. The zero-order valence-corrected chi connectivity index (χ0v) is 15.6. The first kappa shape index (κ1) is 19.0. The van der Waals surface area contributed by atoms with Gasteiger partial charge in [-0.1, -0.05) is 0 Å². The SMILES string of the molecule is CC(C)(C)C(=O)OC[C@@]1(CO)CCC(=O)N1Cn1cnc2c(=O)[nH]cnc21. The highest BCUT2D eigenvalue weighted by Crippen LogP contribution is 2.32. The first-order chi connectivity index (χ1) is 12.7. The third-order valence-electron chi connectivity index (χ3n) is 4.76. The number of aliphatic hydroxyl groups excluding tert-OH is 1. The molecule has 1 aliphatic rings. The summed E-state index contributed by atoms with van der Waals surface area (Å²) >= 11 is 0. The molecule has 10 nitrogen and oxygen atoms in total. The number of carbonyl (C=O) groups is 2. The quantitative estimate of drug-likeness (QED) is 0.702. The van der Waals surface area contributed by atoms with Crippen molar-refractivity contribution in [1.82, 2.24) is 24.4 Å². The Hall–Kier alpha value is -2.75. The molecule has 2 aromatic heterocycles. The van der Waals surface area contributed by atoms with E-state index in [1.165, 1.54) is 17.6 Å². The molecular formula is C17H23N5O5. The molecular weight excluding hydrogens is 354 g/mol. The van der Waals surface area contributed by atoms with Crippen LogP contribution in [0.3, 0.4) is 0 Å². The summed E-state index contributed by atoms with van der Waals surface area (Å²) in [6, 6.07) is 0. The second kappa shape index (κ2) is 6.76. The lowest BCUT2D eigenvalue weighted by molar-refractivity contribution is -0.160. The van der Waals surface area contributed by atoms with Crippen molar-refractivity contribution in [2.45, 2.75) is 45.8 Å². The summed E-state index contributed by atoms with van der Waals surface area (Å²) < 4.78 is 6.96. The lowest BCUT2D eigenvalue weighted by Gasteiger charge is -2.37. The Labute approximate surface area is 155 Å². The molecule has 0 spiro atoms. The van der Waals surface area contributed by atoms with Gasteiger partial charge in [0, 0.05) is 6.42 Å². The van der Waals surface area contributed by atoms with Crippen LogP contribution >= 0.6 is 0 Å². The number of esters is 1. The molecule has 0 unspecified atom stereocenters. The van der Waals surface area contributed by atoms with Crippen molar-refractivity contribution in [1.29, 1.82) is 0 Å². The number of hydrogen-bond donors (Lipinski definition) is 2. The van der Waals surface area contributed by atoms with Gasteiger partial charge in [0.15, 0.2) is 11.2 Å². The fourth-order valence-corrected chi connectivity index (χ4v) is 3.03. The molecule has 3 heterocycles. The molecule has 3 rings (SSSR count). The van der Waals surface area contributed by atoms with Crippen LogP contribution in [0.15, 0.2) is 17.4 Å². The molecule has 1 aliphatic heterocycles. The second-order valence-electron chi connectivity index (χ2n) is 7.79. The monoisotopic (exact) mass is 377 g/mol. The molecule has 1 amide bonds. The average molecular weight is 377 g/mol. The fraction of sp³-hybridized carbons (Fsp3) is 0.588. The Morgan fingerprint density at radius 3 is 2.78 bits per heavy atom. The number of aromatic amines is 1. The number of likely N-dealkylation sites (tertiary alicyclic amines) is 1. The van der Waals surface area contributed by atoms with Gasteiger partial charge in [0.25, 0.3) is 5.56 Å². The summed E-state index contributed by atoms with van der Waals surface area (Å²) in [7, 11) is 0. The number of nitrogens with one attached hydrogen (secondary N) is 1. The van der Waals surface area contributed by atoms with Crippen molar-refractivity contribution in [3.8, 4) is 0 Å². The molecule has 0 bridgehead atoms. The van der Waals surface area contributed by atoms with Gasteiger partial charge in [-0.25, -0.2) is 9.97 Å². The maximum absolute atomic E-state index is 12.5. The predicted octanol–water partition coefficient (Wildman–Crippen LogP) is 0.0199. The number of amides is 1. The highest BCUT2D eigenvalue weighted by Gasteiger charge is 2.46. The first-order valence-electron chi connectivity index (χ1n) is 8.65. The van der Waals surface area contributed by atoms with E-state index in [4.69, 9.17) is 4.74 Å². The van der Waals surface area contributed by atoms with Crippen LogP contribution in [0.2, 0.25) is 0 Å². The number of aliphatic hydroxyl groups is 1. The minimum atomic E-state index is -1.02. The Bertz CT molecular complexity index is 928.